The summed E-state index contributed by atoms with van der Waals surface area (Å²) in [5.74, 6) is -0.395. The standard InChI is InChI=1S/C20H17BrN4O4/c1-13-3-5-16(6-4-13)20(26)29-23-18(15-7-9-17(21)10-8-15)11-24-12-19(25(27)28)22-14(24)2/h3-10,12H,11H2,1-2H3/b23-18-. The van der Waals surface area contributed by atoms with E-state index in [0.717, 1.165) is 10.0 Å². The van der Waals surface area contributed by atoms with Gasteiger partial charge >= 0.3 is 11.8 Å². The molecule has 1 heterocycles. The molecule has 148 valence electrons. The fourth-order valence-corrected chi connectivity index (χ4v) is 2.82. The number of benzene rings is 2. The van der Waals surface area contributed by atoms with Crippen LogP contribution in [0.3, 0.4) is 0 Å². The van der Waals surface area contributed by atoms with Crippen LogP contribution in [0.15, 0.2) is 64.4 Å². The Balaban J connectivity index is 1.89. The SMILES string of the molecule is Cc1ccc(C(=O)O/N=C(/Cn2cc([N+](=O)[O-])nc2C)c2ccc(Br)cc2)cc1. The monoisotopic (exact) mass is 456 g/mol. The van der Waals surface area contributed by atoms with Crippen LogP contribution in [-0.4, -0.2) is 26.2 Å². The quantitative estimate of drug-likeness (QED) is 0.236. The predicted molar refractivity (Wildman–Crippen MR) is 111 cm³/mol. The number of hydrogen-bond donors (Lipinski definition) is 0. The Kier molecular flexibility index (Phi) is 6.18. The van der Waals surface area contributed by atoms with E-state index in [0.29, 0.717) is 22.7 Å². The number of rotatable bonds is 6. The predicted octanol–water partition coefficient (Wildman–Crippen LogP) is 4.43. The fraction of sp³-hybridized carbons (Fsp3) is 0.150. The number of nitro groups is 1. The molecule has 8 nitrogen and oxygen atoms in total. The van der Waals surface area contributed by atoms with Crippen LogP contribution in [-0.2, 0) is 11.4 Å². The van der Waals surface area contributed by atoms with Crippen molar-refractivity contribution in [3.05, 3.63) is 91.8 Å². The molecule has 0 unspecified atom stereocenters. The molecular weight excluding hydrogens is 440 g/mol. The molecule has 0 saturated carbocycles. The molecule has 0 bridgehead atoms. The Morgan fingerprint density at radius 2 is 1.76 bits per heavy atom. The molecular formula is C20H17BrN4O4. The summed E-state index contributed by atoms with van der Waals surface area (Å²) in [6.07, 6.45) is 1.32. The first kappa shape index (κ1) is 20.4. The highest BCUT2D eigenvalue weighted by Crippen LogP contribution is 2.16. The van der Waals surface area contributed by atoms with Crippen LogP contribution >= 0.6 is 15.9 Å². The summed E-state index contributed by atoms with van der Waals surface area (Å²) in [6.45, 7) is 3.73. The van der Waals surface area contributed by atoms with Gasteiger partial charge in [0.05, 0.1) is 12.1 Å². The highest BCUT2D eigenvalue weighted by Gasteiger charge is 2.18. The van der Waals surface area contributed by atoms with Gasteiger partial charge in [0.15, 0.2) is 0 Å². The zero-order valence-corrected chi connectivity index (χ0v) is 17.3. The van der Waals surface area contributed by atoms with Crippen molar-refractivity contribution in [2.24, 2.45) is 5.16 Å². The summed E-state index contributed by atoms with van der Waals surface area (Å²) in [5, 5.41) is 15.0. The van der Waals surface area contributed by atoms with Crippen LogP contribution in [0.4, 0.5) is 5.82 Å². The molecule has 9 heteroatoms. The lowest BCUT2D eigenvalue weighted by Gasteiger charge is -2.08. The number of oxime groups is 1. The third kappa shape index (κ3) is 5.14. The molecule has 2 aromatic carbocycles. The molecule has 0 spiro atoms. The van der Waals surface area contributed by atoms with Crippen molar-refractivity contribution in [3.8, 4) is 0 Å². The molecule has 0 amide bonds. The summed E-state index contributed by atoms with van der Waals surface area (Å²) in [5.41, 5.74) is 2.54. The lowest BCUT2D eigenvalue weighted by atomic mass is 10.1. The second kappa shape index (κ2) is 8.78. The van der Waals surface area contributed by atoms with Gasteiger partial charge in [-0.15, -0.1) is 0 Å². The highest BCUT2D eigenvalue weighted by molar-refractivity contribution is 9.10. The van der Waals surface area contributed by atoms with E-state index in [2.05, 4.69) is 26.1 Å². The van der Waals surface area contributed by atoms with Gasteiger partial charge in [-0.05, 0) is 41.1 Å². The first-order valence-corrected chi connectivity index (χ1v) is 9.42. The van der Waals surface area contributed by atoms with Gasteiger partial charge in [-0.2, -0.15) is 0 Å². The maximum atomic E-state index is 12.3. The average molecular weight is 457 g/mol. The van der Waals surface area contributed by atoms with Crippen LogP contribution in [0.25, 0.3) is 0 Å². The molecule has 29 heavy (non-hydrogen) atoms. The van der Waals surface area contributed by atoms with Crippen LogP contribution in [0.5, 0.6) is 0 Å². The van der Waals surface area contributed by atoms with Crippen LogP contribution in [0.2, 0.25) is 0 Å². The molecule has 0 radical (unpaired) electrons. The van der Waals surface area contributed by atoms with E-state index < -0.39 is 10.9 Å². The lowest BCUT2D eigenvalue weighted by molar-refractivity contribution is -0.389. The zero-order chi connectivity index (χ0) is 21.0. The van der Waals surface area contributed by atoms with Crippen LogP contribution < -0.4 is 0 Å². The fourth-order valence-electron chi connectivity index (χ4n) is 2.56. The van der Waals surface area contributed by atoms with Crippen LogP contribution in [0.1, 0.15) is 27.3 Å². The number of halogens is 1. The first-order chi connectivity index (χ1) is 13.8. The van der Waals surface area contributed by atoms with E-state index >= 15 is 0 Å². The van der Waals surface area contributed by atoms with E-state index in [1.54, 1.807) is 23.6 Å². The maximum Gasteiger partial charge on any atom is 0.381 e. The smallest absolute Gasteiger partial charge is 0.358 e. The molecule has 0 atom stereocenters. The Morgan fingerprint density at radius 1 is 1.14 bits per heavy atom. The van der Waals surface area contributed by atoms with E-state index in [4.69, 9.17) is 4.84 Å². The lowest BCUT2D eigenvalue weighted by Crippen LogP contribution is -2.14. The van der Waals surface area contributed by atoms with Crippen molar-refractivity contribution in [2.75, 3.05) is 0 Å². The van der Waals surface area contributed by atoms with Gasteiger partial charge in [-0.3, -0.25) is 0 Å². The van der Waals surface area contributed by atoms with Gasteiger partial charge < -0.3 is 19.5 Å². The molecule has 3 aromatic rings. The van der Waals surface area contributed by atoms with Gasteiger partial charge in [-0.1, -0.05) is 50.9 Å². The molecule has 0 aliphatic rings. The van der Waals surface area contributed by atoms with Gasteiger partial charge in [0, 0.05) is 17.0 Å². The normalized spacial score (nSPS) is 11.3. The minimum absolute atomic E-state index is 0.148. The van der Waals surface area contributed by atoms with Crippen molar-refractivity contribution in [1.29, 1.82) is 0 Å². The highest BCUT2D eigenvalue weighted by atomic mass is 79.9. The van der Waals surface area contributed by atoms with Crippen LogP contribution in [0, 0.1) is 24.0 Å². The van der Waals surface area contributed by atoms with Gasteiger partial charge in [0.2, 0.25) is 5.82 Å². The summed E-state index contributed by atoms with van der Waals surface area (Å²) < 4.78 is 2.46. The Hall–Kier alpha value is -3.33. The average Bonchev–Trinajstić information content (AvgIpc) is 3.07. The summed E-state index contributed by atoms with van der Waals surface area (Å²) in [4.78, 5) is 31.8. The van der Waals surface area contributed by atoms with Crippen molar-refractivity contribution in [3.63, 3.8) is 0 Å². The third-order valence-corrected chi connectivity index (χ3v) is 4.70. The molecule has 0 aliphatic carbocycles. The van der Waals surface area contributed by atoms with Gasteiger partial charge in [0.25, 0.3) is 0 Å². The number of nitrogens with zero attached hydrogens (tertiary/aromatic N) is 4. The summed E-state index contributed by atoms with van der Waals surface area (Å²) in [7, 11) is 0. The number of imidazole rings is 1. The molecule has 1 aromatic heterocycles. The minimum Gasteiger partial charge on any atom is -0.358 e. The number of aromatic nitrogens is 2. The Morgan fingerprint density at radius 3 is 2.34 bits per heavy atom. The number of carbonyl (C=O) groups excluding carboxylic acids is 1. The summed E-state index contributed by atoms with van der Waals surface area (Å²) >= 11 is 3.38. The summed E-state index contributed by atoms with van der Waals surface area (Å²) in [6, 6.07) is 14.2. The van der Waals surface area contributed by atoms with E-state index in [9.17, 15) is 14.9 Å². The Bertz CT molecular complexity index is 1070. The Labute approximate surface area is 175 Å². The van der Waals surface area contributed by atoms with E-state index in [-0.39, 0.29) is 12.4 Å². The van der Waals surface area contributed by atoms with E-state index in [1.165, 1.54) is 6.20 Å². The second-order valence-corrected chi connectivity index (χ2v) is 7.24. The largest absolute Gasteiger partial charge is 0.381 e. The molecule has 0 N–H and O–H groups in total. The van der Waals surface area contributed by atoms with Crippen molar-refractivity contribution in [2.45, 2.75) is 20.4 Å². The van der Waals surface area contributed by atoms with Crippen molar-refractivity contribution < 1.29 is 14.6 Å². The topological polar surface area (TPSA) is 99.6 Å². The second-order valence-electron chi connectivity index (χ2n) is 6.32. The zero-order valence-electron chi connectivity index (χ0n) is 15.7. The van der Waals surface area contributed by atoms with Gasteiger partial charge in [0.1, 0.15) is 11.9 Å². The molecule has 0 aliphatic heterocycles. The maximum absolute atomic E-state index is 12.3. The molecule has 0 saturated heterocycles. The first-order valence-electron chi connectivity index (χ1n) is 8.62. The minimum atomic E-state index is -0.590. The number of hydrogen-bond acceptors (Lipinski definition) is 6. The number of aryl methyl sites for hydroxylation is 2. The number of carbonyl (C=O) groups is 1. The van der Waals surface area contributed by atoms with Crippen molar-refractivity contribution >= 4 is 33.4 Å². The molecule has 0 fully saturated rings. The third-order valence-electron chi connectivity index (χ3n) is 4.17. The van der Waals surface area contributed by atoms with Gasteiger partial charge in [-0.25, -0.2) is 4.79 Å². The van der Waals surface area contributed by atoms with Crippen molar-refractivity contribution in [1.82, 2.24) is 9.55 Å². The van der Waals surface area contributed by atoms with E-state index in [1.807, 2.05) is 43.3 Å². The molecule has 3 rings (SSSR count).